The maximum Gasteiger partial charge on any atom is 0.335 e. The van der Waals surface area contributed by atoms with E-state index in [0.29, 0.717) is 24.8 Å². The molecule has 0 radical (unpaired) electrons. The minimum absolute atomic E-state index is 0.109. The minimum Gasteiger partial charge on any atom is -0.492 e. The van der Waals surface area contributed by atoms with Crippen molar-refractivity contribution in [3.63, 3.8) is 0 Å². The number of hydrogen-bond donors (Lipinski definition) is 3. The van der Waals surface area contributed by atoms with Gasteiger partial charge in [-0.2, -0.15) is 0 Å². The smallest absolute Gasteiger partial charge is 0.335 e. The molecule has 2 rings (SSSR count). The van der Waals surface area contributed by atoms with Gasteiger partial charge < -0.3 is 20.3 Å². The van der Waals surface area contributed by atoms with Gasteiger partial charge in [0, 0.05) is 6.54 Å². The first-order chi connectivity index (χ1) is 9.15. The van der Waals surface area contributed by atoms with E-state index in [1.807, 2.05) is 0 Å². The number of aliphatic hydroxyl groups excluding tert-OH is 1. The molecule has 104 valence electrons. The van der Waals surface area contributed by atoms with Crippen LogP contribution in [0.3, 0.4) is 0 Å². The zero-order valence-corrected chi connectivity index (χ0v) is 10.7. The standard InChI is InChI=1S/C14H19NO4/c16-12-6-10(7-12)9-15-4-5-19-13-3-1-2-11(8-13)14(17)18/h1-3,8,10,12,15-16H,4-7,9H2,(H,17,18). The summed E-state index contributed by atoms with van der Waals surface area (Å²) in [5.41, 5.74) is 0.230. The van der Waals surface area contributed by atoms with Crippen molar-refractivity contribution in [1.82, 2.24) is 5.32 Å². The molecule has 1 fully saturated rings. The zero-order chi connectivity index (χ0) is 13.7. The Morgan fingerprint density at radius 2 is 2.21 bits per heavy atom. The van der Waals surface area contributed by atoms with Gasteiger partial charge in [-0.25, -0.2) is 4.79 Å². The van der Waals surface area contributed by atoms with Gasteiger partial charge in [0.15, 0.2) is 0 Å². The number of nitrogens with one attached hydrogen (secondary N) is 1. The first-order valence-corrected chi connectivity index (χ1v) is 6.50. The summed E-state index contributed by atoms with van der Waals surface area (Å²) in [4.78, 5) is 10.8. The molecule has 5 heteroatoms. The third-order valence-corrected chi connectivity index (χ3v) is 3.27. The van der Waals surface area contributed by atoms with Crippen LogP contribution < -0.4 is 10.1 Å². The molecule has 0 atom stereocenters. The molecule has 0 saturated heterocycles. The zero-order valence-electron chi connectivity index (χ0n) is 10.7. The summed E-state index contributed by atoms with van der Waals surface area (Å²) in [6.45, 7) is 2.11. The number of hydrogen-bond acceptors (Lipinski definition) is 4. The van der Waals surface area contributed by atoms with E-state index in [1.165, 1.54) is 12.1 Å². The monoisotopic (exact) mass is 265 g/mol. The molecular weight excluding hydrogens is 246 g/mol. The van der Waals surface area contributed by atoms with Crippen LogP contribution in [-0.4, -0.2) is 42.0 Å². The Kier molecular flexibility index (Phi) is 4.76. The molecule has 1 aromatic rings. The molecule has 0 amide bonds. The van der Waals surface area contributed by atoms with E-state index in [0.717, 1.165) is 19.4 Å². The van der Waals surface area contributed by atoms with Crippen LogP contribution >= 0.6 is 0 Å². The maximum atomic E-state index is 10.8. The molecule has 1 saturated carbocycles. The second-order valence-electron chi connectivity index (χ2n) is 4.88. The van der Waals surface area contributed by atoms with Crippen LogP contribution in [0.15, 0.2) is 24.3 Å². The molecule has 0 heterocycles. The van der Waals surface area contributed by atoms with Crippen molar-refractivity contribution < 1.29 is 19.7 Å². The van der Waals surface area contributed by atoms with Crippen molar-refractivity contribution in [2.45, 2.75) is 18.9 Å². The van der Waals surface area contributed by atoms with Crippen LogP contribution in [0.5, 0.6) is 5.75 Å². The van der Waals surface area contributed by atoms with Crippen molar-refractivity contribution >= 4 is 5.97 Å². The van der Waals surface area contributed by atoms with Gasteiger partial charge in [-0.15, -0.1) is 0 Å². The van der Waals surface area contributed by atoms with Gasteiger partial charge in [-0.3, -0.25) is 0 Å². The predicted octanol–water partition coefficient (Wildman–Crippen LogP) is 1.12. The van der Waals surface area contributed by atoms with E-state index >= 15 is 0 Å². The van der Waals surface area contributed by atoms with Crippen LogP contribution in [-0.2, 0) is 0 Å². The normalized spacial score (nSPS) is 21.7. The Morgan fingerprint density at radius 1 is 1.42 bits per heavy atom. The van der Waals surface area contributed by atoms with E-state index in [-0.39, 0.29) is 11.7 Å². The largest absolute Gasteiger partial charge is 0.492 e. The van der Waals surface area contributed by atoms with Crippen molar-refractivity contribution in [1.29, 1.82) is 0 Å². The van der Waals surface area contributed by atoms with Crippen molar-refractivity contribution in [3.05, 3.63) is 29.8 Å². The van der Waals surface area contributed by atoms with Gasteiger partial charge in [0.05, 0.1) is 11.7 Å². The SMILES string of the molecule is O=C(O)c1cccc(OCCNCC2CC(O)C2)c1. The highest BCUT2D eigenvalue weighted by atomic mass is 16.5. The Hall–Kier alpha value is -1.59. The summed E-state index contributed by atoms with van der Waals surface area (Å²) >= 11 is 0. The second-order valence-corrected chi connectivity index (χ2v) is 4.88. The quantitative estimate of drug-likeness (QED) is 0.644. The fourth-order valence-corrected chi connectivity index (χ4v) is 2.13. The molecule has 0 aliphatic heterocycles. The van der Waals surface area contributed by atoms with Crippen LogP contribution in [0, 0.1) is 5.92 Å². The first kappa shape index (κ1) is 13.8. The van der Waals surface area contributed by atoms with E-state index in [9.17, 15) is 4.79 Å². The molecule has 19 heavy (non-hydrogen) atoms. The topological polar surface area (TPSA) is 78.8 Å². The highest BCUT2D eigenvalue weighted by molar-refractivity contribution is 5.87. The molecule has 0 bridgehead atoms. The van der Waals surface area contributed by atoms with Crippen molar-refractivity contribution in [2.75, 3.05) is 19.7 Å². The summed E-state index contributed by atoms with van der Waals surface area (Å²) in [5, 5.41) is 21.2. The molecule has 5 nitrogen and oxygen atoms in total. The summed E-state index contributed by atoms with van der Waals surface area (Å²) in [6.07, 6.45) is 1.66. The molecule has 1 aliphatic rings. The van der Waals surface area contributed by atoms with Gasteiger partial charge in [0.2, 0.25) is 0 Å². The molecular formula is C14H19NO4. The van der Waals surface area contributed by atoms with Crippen LogP contribution in [0.25, 0.3) is 0 Å². The number of aromatic carboxylic acids is 1. The fourth-order valence-electron chi connectivity index (χ4n) is 2.13. The van der Waals surface area contributed by atoms with Gasteiger partial charge in [0.25, 0.3) is 0 Å². The molecule has 0 aromatic heterocycles. The van der Waals surface area contributed by atoms with Gasteiger partial charge in [-0.05, 0) is 43.5 Å². The highest BCUT2D eigenvalue weighted by Gasteiger charge is 2.26. The third-order valence-electron chi connectivity index (χ3n) is 3.27. The first-order valence-electron chi connectivity index (χ1n) is 6.50. The number of carboxylic acids is 1. The van der Waals surface area contributed by atoms with Crippen molar-refractivity contribution in [2.24, 2.45) is 5.92 Å². The highest BCUT2D eigenvalue weighted by Crippen LogP contribution is 2.25. The van der Waals surface area contributed by atoms with Gasteiger partial charge >= 0.3 is 5.97 Å². The van der Waals surface area contributed by atoms with E-state index in [1.54, 1.807) is 12.1 Å². The fraction of sp³-hybridized carbons (Fsp3) is 0.500. The summed E-state index contributed by atoms with van der Waals surface area (Å²) in [6, 6.07) is 6.47. The number of carboxylic acid groups (broad SMARTS) is 1. The molecule has 0 spiro atoms. The summed E-state index contributed by atoms with van der Waals surface area (Å²) in [7, 11) is 0. The van der Waals surface area contributed by atoms with Crippen molar-refractivity contribution in [3.8, 4) is 5.75 Å². The lowest BCUT2D eigenvalue weighted by atomic mass is 9.82. The lowest BCUT2D eigenvalue weighted by Crippen LogP contribution is -2.37. The predicted molar refractivity (Wildman–Crippen MR) is 70.5 cm³/mol. The Labute approximate surface area is 112 Å². The number of carbonyl (C=O) groups is 1. The molecule has 1 aliphatic carbocycles. The second kappa shape index (κ2) is 6.54. The Morgan fingerprint density at radius 3 is 2.89 bits per heavy atom. The lowest BCUT2D eigenvalue weighted by Gasteiger charge is -2.31. The van der Waals surface area contributed by atoms with Gasteiger partial charge in [-0.1, -0.05) is 6.07 Å². The number of ether oxygens (including phenoxy) is 1. The van der Waals surface area contributed by atoms with E-state index in [4.69, 9.17) is 14.9 Å². The summed E-state index contributed by atoms with van der Waals surface area (Å²) in [5.74, 6) is 0.193. The molecule has 3 N–H and O–H groups in total. The number of rotatable bonds is 7. The van der Waals surface area contributed by atoms with E-state index < -0.39 is 5.97 Å². The van der Waals surface area contributed by atoms with Crippen LogP contribution in [0.1, 0.15) is 23.2 Å². The van der Waals surface area contributed by atoms with Crippen LogP contribution in [0.4, 0.5) is 0 Å². The molecule has 0 unspecified atom stereocenters. The number of aliphatic hydroxyl groups is 1. The minimum atomic E-state index is -0.952. The maximum absolute atomic E-state index is 10.8. The third kappa shape index (κ3) is 4.22. The molecule has 1 aromatic carbocycles. The van der Waals surface area contributed by atoms with Crippen LogP contribution in [0.2, 0.25) is 0 Å². The average Bonchev–Trinajstić information content (AvgIpc) is 2.36. The van der Waals surface area contributed by atoms with E-state index in [2.05, 4.69) is 5.32 Å². The van der Waals surface area contributed by atoms with Gasteiger partial charge in [0.1, 0.15) is 12.4 Å². The Balaban J connectivity index is 1.62. The lowest BCUT2D eigenvalue weighted by molar-refractivity contribution is 0.0428. The summed E-state index contributed by atoms with van der Waals surface area (Å²) < 4.78 is 5.48. The Bertz CT molecular complexity index is 429. The number of benzene rings is 1. The average molecular weight is 265 g/mol.